The molecule has 1 atom stereocenters. The Balaban J connectivity index is 1.80. The summed E-state index contributed by atoms with van der Waals surface area (Å²) in [6.07, 6.45) is 5.76. The number of carbonyl (C=O) groups excluding carboxylic acids is 2. The molecule has 1 fully saturated rings. The monoisotopic (exact) mass is 302 g/mol. The third-order valence-corrected chi connectivity index (χ3v) is 4.01. The number of unbranched alkanes of at least 4 members (excludes halogenated alkanes) is 2. The van der Waals surface area contributed by atoms with Gasteiger partial charge in [0.15, 0.2) is 0 Å². The summed E-state index contributed by atoms with van der Waals surface area (Å²) in [6.45, 7) is 4.11. The van der Waals surface area contributed by atoms with Crippen LogP contribution in [0.3, 0.4) is 0 Å². The smallest absolute Gasteiger partial charge is 0.227 e. The third-order valence-electron chi connectivity index (χ3n) is 4.01. The number of carbonyl (C=O) groups is 2. The Labute approximate surface area is 132 Å². The molecule has 2 amide bonds. The van der Waals surface area contributed by atoms with Gasteiger partial charge in [-0.2, -0.15) is 0 Å². The molecule has 0 saturated heterocycles. The van der Waals surface area contributed by atoms with Crippen molar-refractivity contribution in [1.82, 2.24) is 5.32 Å². The highest BCUT2D eigenvalue weighted by Crippen LogP contribution is 2.30. The van der Waals surface area contributed by atoms with Crippen LogP contribution in [-0.4, -0.2) is 11.8 Å². The van der Waals surface area contributed by atoms with Gasteiger partial charge < -0.3 is 10.6 Å². The Morgan fingerprint density at radius 1 is 1.18 bits per heavy atom. The minimum atomic E-state index is -0.0117. The number of amides is 2. The molecule has 2 rings (SSSR count). The van der Waals surface area contributed by atoms with Crippen LogP contribution in [0, 0.1) is 5.92 Å². The number of hydrogen-bond donors (Lipinski definition) is 2. The fraction of sp³-hybridized carbons (Fsp3) is 0.556. The van der Waals surface area contributed by atoms with E-state index < -0.39 is 0 Å². The number of anilines is 1. The van der Waals surface area contributed by atoms with Gasteiger partial charge in [-0.25, -0.2) is 0 Å². The predicted octanol–water partition coefficient (Wildman–Crippen LogP) is 3.79. The zero-order valence-electron chi connectivity index (χ0n) is 13.5. The molecule has 4 heteroatoms. The Morgan fingerprint density at radius 2 is 1.86 bits per heavy atom. The number of nitrogens with one attached hydrogen (secondary N) is 2. The summed E-state index contributed by atoms with van der Waals surface area (Å²) in [4.78, 5) is 23.5. The molecule has 0 aromatic heterocycles. The quantitative estimate of drug-likeness (QED) is 0.718. The van der Waals surface area contributed by atoms with E-state index in [-0.39, 0.29) is 23.8 Å². The molecule has 1 aromatic carbocycles. The van der Waals surface area contributed by atoms with Crippen molar-refractivity contribution in [3.63, 3.8) is 0 Å². The van der Waals surface area contributed by atoms with Gasteiger partial charge in [0.1, 0.15) is 0 Å². The average Bonchev–Trinajstić information content (AvgIpc) is 3.33. The maximum absolute atomic E-state index is 11.8. The van der Waals surface area contributed by atoms with Gasteiger partial charge in [-0.3, -0.25) is 9.59 Å². The molecule has 0 heterocycles. The minimum absolute atomic E-state index is 0.0117. The lowest BCUT2D eigenvalue weighted by Gasteiger charge is -2.15. The third kappa shape index (κ3) is 5.17. The van der Waals surface area contributed by atoms with Crippen molar-refractivity contribution in [2.24, 2.45) is 5.92 Å². The predicted molar refractivity (Wildman–Crippen MR) is 88.5 cm³/mol. The summed E-state index contributed by atoms with van der Waals surface area (Å²) in [6, 6.07) is 7.70. The second-order valence-electron chi connectivity index (χ2n) is 6.13. The van der Waals surface area contributed by atoms with Gasteiger partial charge >= 0.3 is 0 Å². The van der Waals surface area contributed by atoms with Crippen LogP contribution in [0.1, 0.15) is 64.0 Å². The van der Waals surface area contributed by atoms with Crippen LogP contribution in [-0.2, 0) is 9.59 Å². The van der Waals surface area contributed by atoms with E-state index in [0.717, 1.165) is 43.4 Å². The van der Waals surface area contributed by atoms with E-state index in [4.69, 9.17) is 0 Å². The van der Waals surface area contributed by atoms with Crippen molar-refractivity contribution in [2.45, 2.75) is 58.4 Å². The van der Waals surface area contributed by atoms with Crippen LogP contribution in [0.25, 0.3) is 0 Å². The normalized spacial score (nSPS) is 15.2. The molecule has 2 N–H and O–H groups in total. The fourth-order valence-corrected chi connectivity index (χ4v) is 2.38. The van der Waals surface area contributed by atoms with Gasteiger partial charge in [0.05, 0.1) is 6.04 Å². The first-order chi connectivity index (χ1) is 10.6. The van der Waals surface area contributed by atoms with Crippen LogP contribution < -0.4 is 10.6 Å². The molecule has 120 valence electrons. The molecule has 1 aliphatic rings. The SMILES string of the molecule is CCCCCC(=O)NC(C)c1ccc(NC(=O)C2CC2)cc1. The molecule has 0 aliphatic heterocycles. The van der Waals surface area contributed by atoms with Gasteiger partial charge in [-0.1, -0.05) is 31.9 Å². The van der Waals surface area contributed by atoms with E-state index in [9.17, 15) is 9.59 Å². The molecule has 1 aromatic rings. The first-order valence-corrected chi connectivity index (χ1v) is 8.30. The lowest BCUT2D eigenvalue weighted by atomic mass is 10.1. The zero-order valence-corrected chi connectivity index (χ0v) is 13.5. The number of hydrogen-bond acceptors (Lipinski definition) is 2. The Hall–Kier alpha value is -1.84. The van der Waals surface area contributed by atoms with Crippen LogP contribution in [0.5, 0.6) is 0 Å². The van der Waals surface area contributed by atoms with Gasteiger partial charge in [-0.05, 0) is 43.9 Å². The molecule has 22 heavy (non-hydrogen) atoms. The van der Waals surface area contributed by atoms with Gasteiger partial charge in [0.25, 0.3) is 0 Å². The Kier molecular flexibility index (Phi) is 5.99. The van der Waals surface area contributed by atoms with Crippen molar-refractivity contribution in [1.29, 1.82) is 0 Å². The molecule has 1 aliphatic carbocycles. The van der Waals surface area contributed by atoms with Crippen molar-refractivity contribution >= 4 is 17.5 Å². The highest BCUT2D eigenvalue weighted by Gasteiger charge is 2.29. The maximum atomic E-state index is 11.8. The topological polar surface area (TPSA) is 58.2 Å². The van der Waals surface area contributed by atoms with Crippen LogP contribution in [0.15, 0.2) is 24.3 Å². The first kappa shape index (κ1) is 16.5. The van der Waals surface area contributed by atoms with E-state index >= 15 is 0 Å². The molecular weight excluding hydrogens is 276 g/mol. The van der Waals surface area contributed by atoms with Gasteiger partial charge in [0, 0.05) is 18.0 Å². The van der Waals surface area contributed by atoms with Crippen molar-refractivity contribution in [3.05, 3.63) is 29.8 Å². The fourth-order valence-electron chi connectivity index (χ4n) is 2.38. The molecule has 1 unspecified atom stereocenters. The van der Waals surface area contributed by atoms with Gasteiger partial charge in [0.2, 0.25) is 11.8 Å². The molecular formula is C18H26N2O2. The lowest BCUT2D eigenvalue weighted by molar-refractivity contribution is -0.122. The summed E-state index contributed by atoms with van der Waals surface area (Å²) in [7, 11) is 0. The molecule has 0 spiro atoms. The van der Waals surface area contributed by atoms with Gasteiger partial charge in [-0.15, -0.1) is 0 Å². The van der Waals surface area contributed by atoms with E-state index in [1.54, 1.807) is 0 Å². The summed E-state index contributed by atoms with van der Waals surface area (Å²) < 4.78 is 0. The van der Waals surface area contributed by atoms with Crippen LogP contribution >= 0.6 is 0 Å². The second-order valence-corrected chi connectivity index (χ2v) is 6.13. The highest BCUT2D eigenvalue weighted by atomic mass is 16.2. The Morgan fingerprint density at radius 3 is 2.45 bits per heavy atom. The lowest BCUT2D eigenvalue weighted by Crippen LogP contribution is -2.26. The van der Waals surface area contributed by atoms with E-state index in [0.29, 0.717) is 6.42 Å². The highest BCUT2D eigenvalue weighted by molar-refractivity contribution is 5.94. The Bertz CT molecular complexity index is 506. The number of benzene rings is 1. The largest absolute Gasteiger partial charge is 0.350 e. The molecule has 0 bridgehead atoms. The van der Waals surface area contributed by atoms with E-state index in [2.05, 4.69) is 17.6 Å². The standard InChI is InChI=1S/C18H26N2O2/c1-3-4-5-6-17(21)19-13(2)14-9-11-16(12-10-14)20-18(22)15-7-8-15/h9-13,15H,3-8H2,1-2H3,(H,19,21)(H,20,22). The minimum Gasteiger partial charge on any atom is -0.350 e. The van der Waals surface area contributed by atoms with E-state index in [1.807, 2.05) is 31.2 Å². The molecule has 4 nitrogen and oxygen atoms in total. The zero-order chi connectivity index (χ0) is 15.9. The maximum Gasteiger partial charge on any atom is 0.227 e. The summed E-state index contributed by atoms with van der Waals surface area (Å²) in [5, 5.41) is 5.94. The average molecular weight is 302 g/mol. The molecule has 0 radical (unpaired) electrons. The summed E-state index contributed by atoms with van der Waals surface area (Å²) in [5.74, 6) is 0.429. The second kappa shape index (κ2) is 7.97. The molecule has 1 saturated carbocycles. The van der Waals surface area contributed by atoms with Crippen molar-refractivity contribution in [3.8, 4) is 0 Å². The van der Waals surface area contributed by atoms with Crippen LogP contribution in [0.2, 0.25) is 0 Å². The van der Waals surface area contributed by atoms with Crippen molar-refractivity contribution in [2.75, 3.05) is 5.32 Å². The summed E-state index contributed by atoms with van der Waals surface area (Å²) >= 11 is 0. The van der Waals surface area contributed by atoms with Crippen molar-refractivity contribution < 1.29 is 9.59 Å². The first-order valence-electron chi connectivity index (χ1n) is 8.30. The van der Waals surface area contributed by atoms with E-state index in [1.165, 1.54) is 0 Å². The van der Waals surface area contributed by atoms with Crippen LogP contribution in [0.4, 0.5) is 5.69 Å². The number of rotatable bonds is 8. The summed E-state index contributed by atoms with van der Waals surface area (Å²) in [5.41, 5.74) is 1.87.